The van der Waals surface area contributed by atoms with Gasteiger partial charge in [0.2, 0.25) is 0 Å². The van der Waals surface area contributed by atoms with Gasteiger partial charge in [0.25, 0.3) is 11.6 Å². The van der Waals surface area contributed by atoms with Gasteiger partial charge in [0, 0.05) is 17.0 Å². The van der Waals surface area contributed by atoms with Crippen molar-refractivity contribution in [3.63, 3.8) is 0 Å². The van der Waals surface area contributed by atoms with E-state index in [1.54, 1.807) is 6.07 Å². The maximum absolute atomic E-state index is 12.3. The van der Waals surface area contributed by atoms with E-state index in [-0.39, 0.29) is 17.1 Å². The second-order valence-corrected chi connectivity index (χ2v) is 6.98. The molecule has 0 saturated carbocycles. The van der Waals surface area contributed by atoms with Crippen molar-refractivity contribution in [2.75, 3.05) is 12.4 Å². The van der Waals surface area contributed by atoms with E-state index >= 15 is 0 Å². The third kappa shape index (κ3) is 4.82. The molecule has 1 aromatic heterocycles. The van der Waals surface area contributed by atoms with Gasteiger partial charge >= 0.3 is 5.97 Å². The summed E-state index contributed by atoms with van der Waals surface area (Å²) in [6.45, 7) is 5.34. The molecule has 8 nitrogen and oxygen atoms in total. The molecule has 2 aromatic rings. The van der Waals surface area contributed by atoms with Crippen molar-refractivity contribution < 1.29 is 24.0 Å². The number of nitrogens with zero attached hydrogens (tertiary/aromatic N) is 1. The van der Waals surface area contributed by atoms with Crippen LogP contribution in [0.15, 0.2) is 24.3 Å². The predicted molar refractivity (Wildman–Crippen MR) is 102 cm³/mol. The van der Waals surface area contributed by atoms with E-state index in [1.807, 2.05) is 13.8 Å². The monoisotopic (exact) mass is 392 g/mol. The summed E-state index contributed by atoms with van der Waals surface area (Å²) in [6, 6.07) is 5.59. The number of nitro groups is 1. The summed E-state index contributed by atoms with van der Waals surface area (Å²) in [7, 11) is 1.38. The van der Waals surface area contributed by atoms with Gasteiger partial charge in [-0.1, -0.05) is 6.92 Å². The smallest absolute Gasteiger partial charge is 0.349 e. The van der Waals surface area contributed by atoms with E-state index in [0.29, 0.717) is 4.88 Å². The molecule has 0 spiro atoms. The second-order valence-electron chi connectivity index (χ2n) is 5.72. The van der Waals surface area contributed by atoms with Crippen LogP contribution in [0.3, 0.4) is 0 Å². The lowest BCUT2D eigenvalue weighted by molar-refractivity contribution is -0.384. The van der Waals surface area contributed by atoms with Crippen LogP contribution in [0.5, 0.6) is 5.75 Å². The van der Waals surface area contributed by atoms with Crippen LogP contribution in [0.2, 0.25) is 0 Å². The fraction of sp³-hybridized carbons (Fsp3) is 0.333. The Kier molecular flexibility index (Phi) is 6.51. The molecule has 0 aliphatic carbocycles. The van der Waals surface area contributed by atoms with Crippen LogP contribution < -0.4 is 10.1 Å². The lowest BCUT2D eigenvalue weighted by Gasteiger charge is -2.14. The first kappa shape index (κ1) is 20.4. The molecule has 0 unspecified atom stereocenters. The van der Waals surface area contributed by atoms with Gasteiger partial charge in [0.05, 0.1) is 17.7 Å². The van der Waals surface area contributed by atoms with Crippen molar-refractivity contribution in [1.29, 1.82) is 0 Å². The molecule has 0 radical (unpaired) electrons. The first-order chi connectivity index (χ1) is 12.8. The zero-order valence-corrected chi connectivity index (χ0v) is 16.2. The van der Waals surface area contributed by atoms with E-state index in [2.05, 4.69) is 5.32 Å². The highest BCUT2D eigenvalue weighted by Crippen LogP contribution is 2.29. The van der Waals surface area contributed by atoms with Gasteiger partial charge < -0.3 is 14.8 Å². The average Bonchev–Trinajstić information content (AvgIpc) is 3.02. The molecule has 0 aliphatic rings. The topological polar surface area (TPSA) is 108 Å². The number of non-ortho nitro benzene ring substituents is 1. The van der Waals surface area contributed by atoms with Crippen molar-refractivity contribution in [2.45, 2.75) is 33.3 Å². The summed E-state index contributed by atoms with van der Waals surface area (Å²) >= 11 is 1.31. The maximum atomic E-state index is 12.3. The number of aryl methyl sites for hydroxylation is 2. The number of anilines is 1. The Morgan fingerprint density at radius 3 is 2.59 bits per heavy atom. The minimum Gasteiger partial charge on any atom is -0.495 e. The number of thiophene rings is 1. The summed E-state index contributed by atoms with van der Waals surface area (Å²) in [5, 5.41) is 13.4. The van der Waals surface area contributed by atoms with Crippen LogP contribution in [0.1, 0.15) is 34.0 Å². The molecule has 0 bridgehead atoms. The van der Waals surface area contributed by atoms with Gasteiger partial charge in [-0.25, -0.2) is 4.79 Å². The Balaban J connectivity index is 2.10. The number of nitrogens with one attached hydrogen (secondary N) is 1. The number of amides is 1. The van der Waals surface area contributed by atoms with E-state index < -0.39 is 22.9 Å². The van der Waals surface area contributed by atoms with Gasteiger partial charge in [0.1, 0.15) is 10.6 Å². The molecule has 2 rings (SSSR count). The molecule has 1 amide bonds. The number of methoxy groups -OCH3 is 1. The molecular formula is C18H20N2O6S. The number of ether oxygens (including phenoxy) is 2. The van der Waals surface area contributed by atoms with Gasteiger partial charge in [-0.2, -0.15) is 0 Å². The summed E-state index contributed by atoms with van der Waals surface area (Å²) in [5.41, 5.74) is 0.988. The molecule has 1 N–H and O–H groups in total. The first-order valence-electron chi connectivity index (χ1n) is 8.20. The fourth-order valence-electron chi connectivity index (χ4n) is 2.39. The number of nitro benzene ring substituents is 1. The van der Waals surface area contributed by atoms with Crippen LogP contribution in [0.4, 0.5) is 11.4 Å². The Labute approximate surface area is 160 Å². The minimum atomic E-state index is -1.09. The van der Waals surface area contributed by atoms with Crippen LogP contribution in [0, 0.1) is 17.0 Å². The van der Waals surface area contributed by atoms with E-state index in [9.17, 15) is 19.7 Å². The molecule has 0 fully saturated rings. The van der Waals surface area contributed by atoms with Crippen LogP contribution >= 0.6 is 11.3 Å². The first-order valence-corrected chi connectivity index (χ1v) is 9.02. The van der Waals surface area contributed by atoms with Crippen molar-refractivity contribution >= 4 is 34.6 Å². The van der Waals surface area contributed by atoms with Crippen molar-refractivity contribution in [3.8, 4) is 5.75 Å². The predicted octanol–water partition coefficient (Wildman–Crippen LogP) is 3.72. The van der Waals surface area contributed by atoms with Gasteiger partial charge in [-0.3, -0.25) is 14.9 Å². The zero-order chi connectivity index (χ0) is 20.1. The third-order valence-corrected chi connectivity index (χ3v) is 4.98. The maximum Gasteiger partial charge on any atom is 0.349 e. The molecule has 144 valence electrons. The van der Waals surface area contributed by atoms with Crippen molar-refractivity contribution in [3.05, 3.63) is 49.7 Å². The number of carbonyl (C=O) groups is 2. The standard InChI is InChI=1S/C18H20N2O6S/c1-5-12-8-16(27-11(12)3)18(22)26-10(2)17(21)19-14-9-13(20(23)24)6-7-15(14)25-4/h6-10H,5H2,1-4H3,(H,19,21)/t10-/m0/s1. The molecule has 1 atom stereocenters. The van der Waals surface area contributed by atoms with Gasteiger partial charge in [-0.15, -0.1) is 11.3 Å². The van der Waals surface area contributed by atoms with Gasteiger partial charge in [0.15, 0.2) is 6.10 Å². The Bertz CT molecular complexity index is 877. The van der Waals surface area contributed by atoms with E-state index in [4.69, 9.17) is 9.47 Å². The average molecular weight is 392 g/mol. The highest BCUT2D eigenvalue weighted by Gasteiger charge is 2.22. The number of esters is 1. The molecule has 9 heteroatoms. The highest BCUT2D eigenvalue weighted by atomic mass is 32.1. The van der Waals surface area contributed by atoms with Crippen LogP contribution in [-0.2, 0) is 16.0 Å². The number of rotatable bonds is 7. The Morgan fingerprint density at radius 1 is 1.33 bits per heavy atom. The molecular weight excluding hydrogens is 372 g/mol. The molecule has 27 heavy (non-hydrogen) atoms. The summed E-state index contributed by atoms with van der Waals surface area (Å²) in [4.78, 5) is 36.4. The van der Waals surface area contributed by atoms with Crippen LogP contribution in [0.25, 0.3) is 0 Å². The molecule has 0 aliphatic heterocycles. The molecule has 0 saturated heterocycles. The Hall–Kier alpha value is -2.94. The van der Waals surface area contributed by atoms with Crippen LogP contribution in [-0.4, -0.2) is 30.0 Å². The van der Waals surface area contributed by atoms with Gasteiger partial charge in [-0.05, 0) is 38.0 Å². The number of carbonyl (C=O) groups excluding carboxylic acids is 2. The fourth-order valence-corrected chi connectivity index (χ4v) is 3.38. The number of hydrogen-bond acceptors (Lipinski definition) is 7. The molecule has 1 heterocycles. The third-order valence-electron chi connectivity index (χ3n) is 3.91. The summed E-state index contributed by atoms with van der Waals surface area (Å²) < 4.78 is 10.3. The normalized spacial score (nSPS) is 11.6. The lowest BCUT2D eigenvalue weighted by atomic mass is 10.2. The Morgan fingerprint density at radius 2 is 2.04 bits per heavy atom. The second kappa shape index (κ2) is 8.63. The lowest BCUT2D eigenvalue weighted by Crippen LogP contribution is -2.30. The largest absolute Gasteiger partial charge is 0.495 e. The van der Waals surface area contributed by atoms with E-state index in [1.165, 1.54) is 43.6 Å². The quantitative estimate of drug-likeness (QED) is 0.437. The molecule has 1 aromatic carbocycles. The summed E-state index contributed by atoms with van der Waals surface area (Å²) in [6.07, 6.45) is -0.285. The zero-order valence-electron chi connectivity index (χ0n) is 15.4. The van der Waals surface area contributed by atoms with E-state index in [0.717, 1.165) is 16.9 Å². The minimum absolute atomic E-state index is 0.125. The van der Waals surface area contributed by atoms with Crippen molar-refractivity contribution in [2.24, 2.45) is 0 Å². The number of benzene rings is 1. The van der Waals surface area contributed by atoms with Crippen molar-refractivity contribution in [1.82, 2.24) is 0 Å². The summed E-state index contributed by atoms with van der Waals surface area (Å²) in [5.74, 6) is -0.948. The SMILES string of the molecule is CCc1cc(C(=O)O[C@@H](C)C(=O)Nc2cc([N+](=O)[O-])ccc2OC)sc1C. The number of hydrogen-bond donors (Lipinski definition) is 1. The highest BCUT2D eigenvalue weighted by molar-refractivity contribution is 7.14.